The van der Waals surface area contributed by atoms with Crippen molar-refractivity contribution in [1.82, 2.24) is 10.2 Å². The Kier molecular flexibility index (Phi) is 6.46. The molecule has 0 bridgehead atoms. The number of anilines is 1. The summed E-state index contributed by atoms with van der Waals surface area (Å²) in [4.78, 5) is 2.11. The fraction of sp³-hybridized carbons (Fsp3) is 0.500. The standard InChI is InChI=1S/C18H27N3O2S2/c1-5-21(6-2)18(24)19-16-12-8-10-14(16)15-11-7-9-13(3)17(15)20-25(4,22)23/h7,9-11,16,20H,5-6,8,12H2,1-4H3,(H,19,24). The lowest BCUT2D eigenvalue weighted by Crippen LogP contribution is -2.44. The number of para-hydroxylation sites is 1. The first-order chi connectivity index (χ1) is 11.8. The summed E-state index contributed by atoms with van der Waals surface area (Å²) < 4.78 is 26.2. The largest absolute Gasteiger partial charge is 0.356 e. The minimum Gasteiger partial charge on any atom is -0.356 e. The Bertz CT molecular complexity index is 769. The van der Waals surface area contributed by atoms with E-state index in [0.29, 0.717) is 5.69 Å². The van der Waals surface area contributed by atoms with Crippen LogP contribution in [0, 0.1) is 6.92 Å². The predicted molar refractivity (Wildman–Crippen MR) is 109 cm³/mol. The van der Waals surface area contributed by atoms with Gasteiger partial charge in [-0.25, -0.2) is 8.42 Å². The maximum absolute atomic E-state index is 11.8. The van der Waals surface area contributed by atoms with Crippen molar-refractivity contribution in [1.29, 1.82) is 0 Å². The van der Waals surface area contributed by atoms with Crippen LogP contribution in [-0.4, -0.2) is 43.8 Å². The van der Waals surface area contributed by atoms with Gasteiger partial charge in [-0.05, 0) is 57.0 Å². The molecule has 0 radical (unpaired) electrons. The number of aryl methyl sites for hydroxylation is 1. The zero-order chi connectivity index (χ0) is 18.6. The van der Waals surface area contributed by atoms with Crippen molar-refractivity contribution in [2.45, 2.75) is 39.7 Å². The molecule has 0 fully saturated rings. The van der Waals surface area contributed by atoms with Gasteiger partial charge in [0.05, 0.1) is 18.0 Å². The molecule has 2 rings (SSSR count). The third-order valence-electron chi connectivity index (χ3n) is 4.41. The van der Waals surface area contributed by atoms with Crippen molar-refractivity contribution in [3.05, 3.63) is 35.4 Å². The highest BCUT2D eigenvalue weighted by Gasteiger charge is 2.25. The van der Waals surface area contributed by atoms with E-state index in [1.165, 1.54) is 6.26 Å². The number of sulfonamides is 1. The summed E-state index contributed by atoms with van der Waals surface area (Å²) >= 11 is 5.54. The summed E-state index contributed by atoms with van der Waals surface area (Å²) in [6.45, 7) is 7.80. The molecule has 1 aromatic rings. The van der Waals surface area contributed by atoms with Gasteiger partial charge in [0.2, 0.25) is 10.0 Å². The highest BCUT2D eigenvalue weighted by atomic mass is 32.2. The number of allylic oxidation sites excluding steroid dienone is 1. The van der Waals surface area contributed by atoms with Crippen molar-refractivity contribution < 1.29 is 8.42 Å². The molecule has 1 aliphatic rings. The molecule has 5 nitrogen and oxygen atoms in total. The SMILES string of the molecule is CCN(CC)C(=S)NC1CCC=C1c1cccc(C)c1NS(C)(=O)=O. The van der Waals surface area contributed by atoms with Crippen molar-refractivity contribution in [2.75, 3.05) is 24.1 Å². The molecule has 138 valence electrons. The first kappa shape index (κ1) is 19.7. The van der Waals surface area contributed by atoms with Crippen LogP contribution in [0.4, 0.5) is 5.69 Å². The quantitative estimate of drug-likeness (QED) is 0.742. The van der Waals surface area contributed by atoms with E-state index in [-0.39, 0.29) is 6.04 Å². The molecule has 1 aliphatic carbocycles. The minimum atomic E-state index is -3.35. The average Bonchev–Trinajstić information content (AvgIpc) is 2.97. The molecule has 1 atom stereocenters. The van der Waals surface area contributed by atoms with Gasteiger partial charge in [-0.3, -0.25) is 4.72 Å². The molecule has 0 aromatic heterocycles. The van der Waals surface area contributed by atoms with Crippen LogP contribution in [0.3, 0.4) is 0 Å². The number of thiocarbonyl (C=S) groups is 1. The summed E-state index contributed by atoms with van der Waals surface area (Å²) in [6, 6.07) is 5.93. The van der Waals surface area contributed by atoms with E-state index in [4.69, 9.17) is 12.2 Å². The molecule has 25 heavy (non-hydrogen) atoms. The monoisotopic (exact) mass is 381 g/mol. The fourth-order valence-electron chi connectivity index (χ4n) is 3.13. The second kappa shape index (κ2) is 8.19. The molecule has 0 saturated heterocycles. The molecule has 1 unspecified atom stereocenters. The Morgan fingerprint density at radius 1 is 1.32 bits per heavy atom. The lowest BCUT2D eigenvalue weighted by molar-refractivity contribution is 0.451. The molecule has 0 spiro atoms. The summed E-state index contributed by atoms with van der Waals surface area (Å²) in [6.07, 6.45) is 5.24. The highest BCUT2D eigenvalue weighted by Crippen LogP contribution is 2.35. The summed E-state index contributed by atoms with van der Waals surface area (Å²) in [5.41, 5.74) is 3.58. The van der Waals surface area contributed by atoms with Crippen LogP contribution in [-0.2, 0) is 10.0 Å². The second-order valence-corrected chi connectivity index (χ2v) is 8.42. The number of benzene rings is 1. The number of nitrogens with zero attached hydrogens (tertiary/aromatic N) is 1. The molecule has 2 N–H and O–H groups in total. The maximum atomic E-state index is 11.8. The lowest BCUT2D eigenvalue weighted by Gasteiger charge is -2.27. The van der Waals surface area contributed by atoms with E-state index in [1.54, 1.807) is 0 Å². The van der Waals surface area contributed by atoms with Crippen LogP contribution in [0.25, 0.3) is 5.57 Å². The smallest absolute Gasteiger partial charge is 0.229 e. The minimum absolute atomic E-state index is 0.0926. The maximum Gasteiger partial charge on any atom is 0.229 e. The van der Waals surface area contributed by atoms with Crippen LogP contribution in [0.2, 0.25) is 0 Å². The van der Waals surface area contributed by atoms with E-state index < -0.39 is 10.0 Å². The second-order valence-electron chi connectivity index (χ2n) is 6.28. The van der Waals surface area contributed by atoms with Crippen LogP contribution in [0.15, 0.2) is 24.3 Å². The Hall–Kier alpha value is -1.60. The number of rotatable bonds is 6. The molecule has 7 heteroatoms. The molecule has 0 saturated carbocycles. The van der Waals surface area contributed by atoms with E-state index in [1.807, 2.05) is 25.1 Å². The van der Waals surface area contributed by atoms with Gasteiger partial charge in [-0.2, -0.15) is 0 Å². The highest BCUT2D eigenvalue weighted by molar-refractivity contribution is 7.92. The van der Waals surface area contributed by atoms with E-state index in [2.05, 4.69) is 34.9 Å². The first-order valence-electron chi connectivity index (χ1n) is 8.60. The Morgan fingerprint density at radius 3 is 2.60 bits per heavy atom. The zero-order valence-corrected chi connectivity index (χ0v) is 16.9. The van der Waals surface area contributed by atoms with Crippen LogP contribution < -0.4 is 10.0 Å². The van der Waals surface area contributed by atoms with Gasteiger partial charge >= 0.3 is 0 Å². The molecular formula is C18H27N3O2S2. The molecule has 0 aliphatic heterocycles. The van der Waals surface area contributed by atoms with Gasteiger partial charge in [0.25, 0.3) is 0 Å². The lowest BCUT2D eigenvalue weighted by atomic mass is 9.97. The van der Waals surface area contributed by atoms with Gasteiger partial charge in [0, 0.05) is 18.7 Å². The average molecular weight is 382 g/mol. The molecular weight excluding hydrogens is 354 g/mol. The van der Waals surface area contributed by atoms with Gasteiger partial charge in [0.1, 0.15) is 0 Å². The third-order valence-corrected chi connectivity index (χ3v) is 5.37. The zero-order valence-electron chi connectivity index (χ0n) is 15.3. The van der Waals surface area contributed by atoms with Gasteiger partial charge in [-0.1, -0.05) is 24.3 Å². The van der Waals surface area contributed by atoms with Crippen molar-refractivity contribution in [2.24, 2.45) is 0 Å². The first-order valence-corrected chi connectivity index (χ1v) is 10.9. The van der Waals surface area contributed by atoms with Crippen LogP contribution in [0.1, 0.15) is 37.8 Å². The molecule has 0 heterocycles. The van der Waals surface area contributed by atoms with Crippen molar-refractivity contribution in [3.8, 4) is 0 Å². The normalized spacial score (nSPS) is 17.1. The fourth-order valence-corrected chi connectivity index (χ4v) is 4.17. The Balaban J connectivity index is 2.31. The van der Waals surface area contributed by atoms with E-state index in [0.717, 1.165) is 47.7 Å². The van der Waals surface area contributed by atoms with Gasteiger partial charge in [0.15, 0.2) is 5.11 Å². The number of nitrogens with one attached hydrogen (secondary N) is 2. The molecule has 0 amide bonds. The summed E-state index contributed by atoms with van der Waals surface area (Å²) in [7, 11) is -3.35. The van der Waals surface area contributed by atoms with Crippen LogP contribution in [0.5, 0.6) is 0 Å². The molecule has 1 aromatic carbocycles. The number of hydrogen-bond acceptors (Lipinski definition) is 3. The van der Waals surface area contributed by atoms with Crippen molar-refractivity contribution in [3.63, 3.8) is 0 Å². The van der Waals surface area contributed by atoms with Crippen LogP contribution >= 0.6 is 12.2 Å². The van der Waals surface area contributed by atoms with E-state index in [9.17, 15) is 8.42 Å². The number of hydrogen-bond donors (Lipinski definition) is 2. The van der Waals surface area contributed by atoms with Gasteiger partial charge in [-0.15, -0.1) is 0 Å². The topological polar surface area (TPSA) is 61.4 Å². The Labute approximate surface area is 156 Å². The summed E-state index contributed by atoms with van der Waals surface area (Å²) in [5, 5.41) is 4.19. The van der Waals surface area contributed by atoms with E-state index >= 15 is 0 Å². The Morgan fingerprint density at radius 2 is 2.00 bits per heavy atom. The van der Waals surface area contributed by atoms with Crippen molar-refractivity contribution >= 4 is 38.6 Å². The van der Waals surface area contributed by atoms with Gasteiger partial charge < -0.3 is 10.2 Å². The summed E-state index contributed by atoms with van der Waals surface area (Å²) in [5.74, 6) is 0. The predicted octanol–water partition coefficient (Wildman–Crippen LogP) is 3.13. The third kappa shape index (κ3) is 4.95.